The van der Waals surface area contributed by atoms with Gasteiger partial charge < -0.3 is 20.1 Å². The minimum Gasteiger partial charge on any atom is -0.396 e. The lowest BCUT2D eigenvalue weighted by Crippen LogP contribution is -2.43. The van der Waals surface area contributed by atoms with Crippen LogP contribution in [0.2, 0.25) is 0 Å². The van der Waals surface area contributed by atoms with E-state index in [1.807, 2.05) is 0 Å². The maximum absolute atomic E-state index is 13.1. The lowest BCUT2D eigenvalue weighted by atomic mass is 10.0. The first-order valence-electron chi connectivity index (χ1n) is 10.7. The van der Waals surface area contributed by atoms with Gasteiger partial charge >= 0.3 is 11.9 Å². The van der Waals surface area contributed by atoms with E-state index in [9.17, 15) is 33.0 Å². The maximum atomic E-state index is 13.1. The van der Waals surface area contributed by atoms with Crippen molar-refractivity contribution in [3.63, 3.8) is 0 Å². The first kappa shape index (κ1) is 24.8. The molecule has 4 rings (SSSR count). The fourth-order valence-electron chi connectivity index (χ4n) is 3.95. The molecule has 0 amide bonds. The first-order chi connectivity index (χ1) is 16.6. The van der Waals surface area contributed by atoms with Crippen LogP contribution in [0.3, 0.4) is 0 Å². The molecule has 3 aromatic rings. The highest BCUT2D eigenvalue weighted by molar-refractivity contribution is 5.63. The van der Waals surface area contributed by atoms with E-state index in [4.69, 9.17) is 9.84 Å². The van der Waals surface area contributed by atoms with E-state index in [1.54, 1.807) is 12.1 Å². The minimum absolute atomic E-state index is 0.0454. The van der Waals surface area contributed by atoms with Crippen LogP contribution in [0.5, 0.6) is 0 Å². The molecular formula is C23H22F3N3O6. The largest absolute Gasteiger partial charge is 0.416 e. The van der Waals surface area contributed by atoms with Gasteiger partial charge in [-0.1, -0.05) is 12.1 Å². The first-order valence-corrected chi connectivity index (χ1v) is 10.7. The van der Waals surface area contributed by atoms with Crippen molar-refractivity contribution in [1.82, 2.24) is 14.1 Å². The summed E-state index contributed by atoms with van der Waals surface area (Å²) in [4.78, 5) is 29.6. The Morgan fingerprint density at radius 3 is 2.37 bits per heavy atom. The normalized spacial score (nSPS) is 22.5. The van der Waals surface area contributed by atoms with Crippen molar-refractivity contribution in [2.45, 2.75) is 43.7 Å². The molecular weight excluding hydrogens is 471 g/mol. The summed E-state index contributed by atoms with van der Waals surface area (Å²) in [6.07, 6.45) is -6.81. The highest BCUT2D eigenvalue weighted by Gasteiger charge is 2.43. The van der Waals surface area contributed by atoms with Gasteiger partial charge in [0.1, 0.15) is 12.2 Å². The SMILES string of the molecule is O=c1ccn(C2OC(CCO)C(O)C2O)c(=O)n1Cc1cc(-c2ccc(C(F)(F)F)cc2)ccn1. The van der Waals surface area contributed by atoms with Crippen LogP contribution >= 0.6 is 0 Å². The van der Waals surface area contributed by atoms with E-state index >= 15 is 0 Å². The quantitative estimate of drug-likeness (QED) is 0.470. The number of hydrogen-bond acceptors (Lipinski definition) is 7. The third-order valence-electron chi connectivity index (χ3n) is 5.80. The molecule has 0 radical (unpaired) electrons. The van der Waals surface area contributed by atoms with Gasteiger partial charge in [-0.05, 0) is 41.8 Å². The molecule has 9 nitrogen and oxygen atoms in total. The van der Waals surface area contributed by atoms with Gasteiger partial charge in [-0.25, -0.2) is 4.79 Å². The molecule has 186 valence electrons. The van der Waals surface area contributed by atoms with Gasteiger partial charge in [-0.3, -0.25) is 18.9 Å². The van der Waals surface area contributed by atoms with Crippen molar-refractivity contribution in [2.75, 3.05) is 6.61 Å². The monoisotopic (exact) mass is 493 g/mol. The van der Waals surface area contributed by atoms with Crippen molar-refractivity contribution in [3.8, 4) is 11.1 Å². The number of ether oxygens (including phenoxy) is 1. The average Bonchev–Trinajstić information content (AvgIpc) is 3.10. The van der Waals surface area contributed by atoms with Gasteiger partial charge in [-0.15, -0.1) is 0 Å². The summed E-state index contributed by atoms with van der Waals surface area (Å²) in [5, 5.41) is 29.6. The number of nitrogens with zero attached hydrogens (tertiary/aromatic N) is 3. The predicted molar refractivity (Wildman–Crippen MR) is 116 cm³/mol. The van der Waals surface area contributed by atoms with Gasteiger partial charge in [0.15, 0.2) is 6.23 Å². The standard InChI is InChI=1S/C23H22F3N3O6/c24-23(25,26)15-3-1-13(2-4-15)14-5-8-27-16(11-14)12-29-18(31)6-9-28(22(29)34)21-20(33)19(32)17(35-21)7-10-30/h1-6,8-9,11,17,19-21,30,32-33H,7,10,12H2. The summed E-state index contributed by atoms with van der Waals surface area (Å²) in [7, 11) is 0. The lowest BCUT2D eigenvalue weighted by molar-refractivity contribution is -0.137. The van der Waals surface area contributed by atoms with Crippen LogP contribution in [-0.4, -0.2) is 54.4 Å². The Balaban J connectivity index is 1.62. The van der Waals surface area contributed by atoms with Crippen LogP contribution in [0.4, 0.5) is 13.2 Å². The second-order valence-corrected chi connectivity index (χ2v) is 8.10. The number of hydrogen-bond donors (Lipinski definition) is 3. The molecule has 1 aromatic carbocycles. The number of aromatic nitrogens is 3. The Bertz CT molecular complexity index is 1310. The molecule has 3 N–H and O–H groups in total. The number of benzene rings is 1. The Hall–Kier alpha value is -3.32. The van der Waals surface area contributed by atoms with Crippen molar-refractivity contribution < 1.29 is 33.2 Å². The number of aliphatic hydroxyl groups excluding tert-OH is 3. The zero-order valence-electron chi connectivity index (χ0n) is 18.2. The number of halogens is 3. The molecule has 4 atom stereocenters. The van der Waals surface area contributed by atoms with Crippen molar-refractivity contribution >= 4 is 0 Å². The van der Waals surface area contributed by atoms with Crippen LogP contribution in [0.1, 0.15) is 23.9 Å². The Labute approximate surface area is 196 Å². The molecule has 1 aliphatic rings. The van der Waals surface area contributed by atoms with Crippen LogP contribution in [0, 0.1) is 0 Å². The van der Waals surface area contributed by atoms with E-state index in [0.717, 1.165) is 33.5 Å². The molecule has 1 aliphatic heterocycles. The summed E-state index contributed by atoms with van der Waals surface area (Å²) in [5.74, 6) is 0. The Kier molecular flexibility index (Phi) is 6.90. The molecule has 12 heteroatoms. The number of alkyl halides is 3. The van der Waals surface area contributed by atoms with Crippen molar-refractivity contribution in [3.05, 3.63) is 87.0 Å². The smallest absolute Gasteiger partial charge is 0.396 e. The van der Waals surface area contributed by atoms with Gasteiger partial charge in [0.2, 0.25) is 0 Å². The van der Waals surface area contributed by atoms with Gasteiger partial charge in [0.05, 0.1) is 23.9 Å². The summed E-state index contributed by atoms with van der Waals surface area (Å²) in [6, 6.07) is 8.79. The fraction of sp³-hybridized carbons (Fsp3) is 0.348. The maximum Gasteiger partial charge on any atom is 0.416 e. The molecule has 0 saturated carbocycles. The van der Waals surface area contributed by atoms with Crippen LogP contribution in [0.15, 0.2) is 64.4 Å². The topological polar surface area (TPSA) is 127 Å². The van der Waals surface area contributed by atoms with E-state index in [1.165, 1.54) is 18.3 Å². The Morgan fingerprint density at radius 2 is 1.71 bits per heavy atom. The summed E-state index contributed by atoms with van der Waals surface area (Å²) in [5.41, 5.74) is -0.920. The van der Waals surface area contributed by atoms with Crippen molar-refractivity contribution in [1.29, 1.82) is 0 Å². The van der Waals surface area contributed by atoms with Crippen LogP contribution in [-0.2, 0) is 17.5 Å². The van der Waals surface area contributed by atoms with E-state index < -0.39 is 47.5 Å². The molecule has 0 bridgehead atoms. The summed E-state index contributed by atoms with van der Waals surface area (Å²) < 4.78 is 45.9. The molecule has 0 spiro atoms. The molecule has 0 aliphatic carbocycles. The predicted octanol–water partition coefficient (Wildman–Crippen LogP) is 1.14. The summed E-state index contributed by atoms with van der Waals surface area (Å²) >= 11 is 0. The van der Waals surface area contributed by atoms with Gasteiger partial charge in [0.25, 0.3) is 5.56 Å². The molecule has 4 unspecified atom stereocenters. The zero-order valence-corrected chi connectivity index (χ0v) is 18.2. The minimum atomic E-state index is -4.46. The van der Waals surface area contributed by atoms with Gasteiger partial charge in [0, 0.05) is 25.1 Å². The zero-order chi connectivity index (χ0) is 25.3. The number of rotatable bonds is 6. The third-order valence-corrected chi connectivity index (χ3v) is 5.80. The molecule has 1 fully saturated rings. The van der Waals surface area contributed by atoms with E-state index in [0.29, 0.717) is 16.8 Å². The third kappa shape index (κ3) is 5.05. The average molecular weight is 493 g/mol. The number of aliphatic hydroxyl groups is 3. The molecule has 1 saturated heterocycles. The number of pyridine rings is 1. The lowest BCUT2D eigenvalue weighted by Gasteiger charge is -2.18. The molecule has 35 heavy (non-hydrogen) atoms. The van der Waals surface area contributed by atoms with Crippen LogP contribution < -0.4 is 11.2 Å². The fourth-order valence-corrected chi connectivity index (χ4v) is 3.95. The van der Waals surface area contributed by atoms with Crippen LogP contribution in [0.25, 0.3) is 11.1 Å². The molecule has 3 heterocycles. The van der Waals surface area contributed by atoms with E-state index in [2.05, 4.69) is 4.98 Å². The second kappa shape index (κ2) is 9.74. The molecule has 2 aromatic heterocycles. The second-order valence-electron chi connectivity index (χ2n) is 8.10. The van der Waals surface area contributed by atoms with Crippen molar-refractivity contribution in [2.24, 2.45) is 0 Å². The Morgan fingerprint density at radius 1 is 1.00 bits per heavy atom. The summed E-state index contributed by atoms with van der Waals surface area (Å²) in [6.45, 7) is -0.547. The van der Waals surface area contributed by atoms with E-state index in [-0.39, 0.29) is 19.6 Å². The highest BCUT2D eigenvalue weighted by Crippen LogP contribution is 2.31. The highest BCUT2D eigenvalue weighted by atomic mass is 19.4. The van der Waals surface area contributed by atoms with Gasteiger partial charge in [-0.2, -0.15) is 13.2 Å².